The van der Waals surface area contributed by atoms with Crippen molar-refractivity contribution in [3.8, 4) is 0 Å². The molecule has 1 aliphatic rings. The van der Waals surface area contributed by atoms with Gasteiger partial charge in [0, 0.05) is 12.7 Å². The molecule has 0 fully saturated rings. The molecule has 0 aliphatic carbocycles. The first kappa shape index (κ1) is 12.8. The van der Waals surface area contributed by atoms with Crippen molar-refractivity contribution in [1.82, 2.24) is 4.90 Å². The van der Waals surface area contributed by atoms with Crippen molar-refractivity contribution in [3.05, 3.63) is 24.7 Å². The Labute approximate surface area is 87.0 Å². The summed E-state index contributed by atoms with van der Waals surface area (Å²) in [4.78, 5) is 6.07. The van der Waals surface area contributed by atoms with Crippen LogP contribution in [0.5, 0.6) is 0 Å². The third kappa shape index (κ3) is 4.12. The average molecular weight is 195 g/mol. The fourth-order valence-corrected chi connectivity index (χ4v) is 1.03. The Bertz CT molecular complexity index is 229. The van der Waals surface area contributed by atoms with Gasteiger partial charge in [-0.05, 0) is 12.5 Å². The minimum Gasteiger partial charge on any atom is -0.384 e. The van der Waals surface area contributed by atoms with Crippen molar-refractivity contribution in [2.75, 3.05) is 6.54 Å². The van der Waals surface area contributed by atoms with E-state index in [1.165, 1.54) is 6.42 Å². The second-order valence-electron chi connectivity index (χ2n) is 2.82. The van der Waals surface area contributed by atoms with Gasteiger partial charge in [0.2, 0.25) is 0 Å². The second-order valence-corrected chi connectivity index (χ2v) is 2.82. The fourth-order valence-electron chi connectivity index (χ4n) is 1.03. The summed E-state index contributed by atoms with van der Waals surface area (Å²) in [5, 5.41) is 0. The lowest BCUT2D eigenvalue weighted by Gasteiger charge is -2.22. The number of rotatable bonds is 3. The Morgan fingerprint density at radius 1 is 1.50 bits per heavy atom. The summed E-state index contributed by atoms with van der Waals surface area (Å²) in [6.07, 6.45) is 6.06. The molecule has 0 spiro atoms. The van der Waals surface area contributed by atoms with Crippen LogP contribution in [0.1, 0.15) is 33.6 Å². The molecular weight excluding hydrogens is 174 g/mol. The summed E-state index contributed by atoms with van der Waals surface area (Å²) < 4.78 is 0. The molecule has 0 saturated carbocycles. The number of nitrogens with two attached hydrogens (primary N) is 1. The van der Waals surface area contributed by atoms with E-state index in [9.17, 15) is 0 Å². The molecule has 1 heterocycles. The molecule has 0 aromatic carbocycles. The third-order valence-corrected chi connectivity index (χ3v) is 1.77. The SMILES string of the molecule is C=C1N=C(N)C=CN1CCCC.CC. The van der Waals surface area contributed by atoms with Gasteiger partial charge in [0.05, 0.1) is 0 Å². The summed E-state index contributed by atoms with van der Waals surface area (Å²) in [6, 6.07) is 0. The largest absolute Gasteiger partial charge is 0.384 e. The van der Waals surface area contributed by atoms with E-state index < -0.39 is 0 Å². The molecule has 1 rings (SSSR count). The molecule has 0 radical (unpaired) electrons. The van der Waals surface area contributed by atoms with E-state index in [4.69, 9.17) is 5.73 Å². The molecule has 0 aromatic rings. The molecule has 0 aromatic heterocycles. The molecule has 2 N–H and O–H groups in total. The van der Waals surface area contributed by atoms with E-state index >= 15 is 0 Å². The van der Waals surface area contributed by atoms with Gasteiger partial charge >= 0.3 is 0 Å². The monoisotopic (exact) mass is 195 g/mol. The van der Waals surface area contributed by atoms with E-state index in [-0.39, 0.29) is 0 Å². The standard InChI is InChI=1S/C9H15N3.C2H6/c1-3-4-6-12-7-5-9(10)11-8(12)2;1-2/h5,7H,2-4,6H2,1H3,(H2,10,11);1-2H3. The Hall–Kier alpha value is -1.25. The molecule has 0 amide bonds. The molecule has 3 nitrogen and oxygen atoms in total. The first-order chi connectivity index (χ1) is 6.74. The zero-order valence-corrected chi connectivity index (χ0v) is 9.45. The van der Waals surface area contributed by atoms with Gasteiger partial charge < -0.3 is 10.6 Å². The minimum atomic E-state index is 0.535. The number of amidine groups is 1. The van der Waals surface area contributed by atoms with Crippen LogP contribution in [0.15, 0.2) is 29.7 Å². The minimum absolute atomic E-state index is 0.535. The van der Waals surface area contributed by atoms with E-state index in [1.54, 1.807) is 6.08 Å². The van der Waals surface area contributed by atoms with Crippen molar-refractivity contribution in [2.45, 2.75) is 33.6 Å². The van der Waals surface area contributed by atoms with Gasteiger partial charge in [0.25, 0.3) is 0 Å². The maximum atomic E-state index is 5.49. The quantitative estimate of drug-likeness (QED) is 0.751. The zero-order chi connectivity index (χ0) is 11.0. The topological polar surface area (TPSA) is 41.6 Å². The molecule has 0 atom stereocenters. The van der Waals surface area contributed by atoms with Crippen molar-refractivity contribution >= 4 is 5.84 Å². The molecule has 0 unspecified atom stereocenters. The van der Waals surface area contributed by atoms with Gasteiger partial charge in [-0.3, -0.25) is 0 Å². The van der Waals surface area contributed by atoms with Crippen LogP contribution in [0, 0.1) is 0 Å². The summed E-state index contributed by atoms with van der Waals surface area (Å²) in [6.45, 7) is 10.9. The van der Waals surface area contributed by atoms with Crippen molar-refractivity contribution < 1.29 is 0 Å². The molecule has 14 heavy (non-hydrogen) atoms. The van der Waals surface area contributed by atoms with Gasteiger partial charge in [-0.25, -0.2) is 4.99 Å². The second kappa shape index (κ2) is 7.18. The molecule has 0 saturated heterocycles. The van der Waals surface area contributed by atoms with E-state index in [1.807, 2.05) is 24.9 Å². The van der Waals surface area contributed by atoms with Crippen LogP contribution in [0.4, 0.5) is 0 Å². The summed E-state index contributed by atoms with van der Waals surface area (Å²) >= 11 is 0. The lowest BCUT2D eigenvalue weighted by atomic mass is 10.3. The molecule has 80 valence electrons. The van der Waals surface area contributed by atoms with Gasteiger partial charge in [-0.1, -0.05) is 33.8 Å². The smallest absolute Gasteiger partial charge is 0.127 e. The first-order valence-electron chi connectivity index (χ1n) is 5.22. The number of hydrogen-bond donors (Lipinski definition) is 1. The van der Waals surface area contributed by atoms with Gasteiger partial charge in [-0.2, -0.15) is 0 Å². The van der Waals surface area contributed by atoms with E-state index in [0.717, 1.165) is 18.8 Å². The molecule has 0 bridgehead atoms. The van der Waals surface area contributed by atoms with Crippen LogP contribution >= 0.6 is 0 Å². The van der Waals surface area contributed by atoms with Crippen molar-refractivity contribution in [1.29, 1.82) is 0 Å². The number of unbranched alkanes of at least 4 members (excludes halogenated alkanes) is 1. The van der Waals surface area contributed by atoms with Crippen LogP contribution in [0.25, 0.3) is 0 Å². The highest BCUT2D eigenvalue weighted by molar-refractivity contribution is 5.92. The maximum Gasteiger partial charge on any atom is 0.127 e. The van der Waals surface area contributed by atoms with Crippen LogP contribution in [0.2, 0.25) is 0 Å². The first-order valence-corrected chi connectivity index (χ1v) is 5.22. The highest BCUT2D eigenvalue weighted by Gasteiger charge is 2.06. The normalized spacial score (nSPS) is 14.6. The van der Waals surface area contributed by atoms with Gasteiger partial charge in [0.1, 0.15) is 11.7 Å². The highest BCUT2D eigenvalue weighted by Crippen LogP contribution is 2.10. The molecular formula is C11H21N3. The predicted octanol–water partition coefficient (Wildman–Crippen LogP) is 2.47. The lowest BCUT2D eigenvalue weighted by molar-refractivity contribution is 0.443. The fraction of sp³-hybridized carbons (Fsp3) is 0.545. The summed E-state index contributed by atoms with van der Waals surface area (Å²) in [5.41, 5.74) is 5.49. The number of aliphatic imine (C=N–C) groups is 1. The summed E-state index contributed by atoms with van der Waals surface area (Å²) in [5.74, 6) is 1.27. The maximum absolute atomic E-state index is 5.49. The van der Waals surface area contributed by atoms with E-state index in [2.05, 4.69) is 18.5 Å². The molecule has 1 aliphatic heterocycles. The summed E-state index contributed by atoms with van der Waals surface area (Å²) in [7, 11) is 0. The number of hydrogen-bond acceptors (Lipinski definition) is 3. The van der Waals surface area contributed by atoms with Gasteiger partial charge in [0.15, 0.2) is 0 Å². The van der Waals surface area contributed by atoms with E-state index in [0.29, 0.717) is 5.84 Å². The lowest BCUT2D eigenvalue weighted by Crippen LogP contribution is -2.23. The van der Waals surface area contributed by atoms with Crippen LogP contribution in [-0.2, 0) is 0 Å². The van der Waals surface area contributed by atoms with Crippen LogP contribution in [0.3, 0.4) is 0 Å². The van der Waals surface area contributed by atoms with Crippen LogP contribution in [-0.4, -0.2) is 17.3 Å². The Kier molecular flexibility index (Phi) is 6.54. The van der Waals surface area contributed by atoms with Crippen molar-refractivity contribution in [3.63, 3.8) is 0 Å². The zero-order valence-electron chi connectivity index (χ0n) is 9.45. The Morgan fingerprint density at radius 2 is 2.14 bits per heavy atom. The number of nitrogens with zero attached hydrogens (tertiary/aromatic N) is 2. The van der Waals surface area contributed by atoms with Crippen molar-refractivity contribution in [2.24, 2.45) is 10.7 Å². The average Bonchev–Trinajstić information content (AvgIpc) is 2.20. The predicted molar refractivity (Wildman–Crippen MR) is 62.9 cm³/mol. The van der Waals surface area contributed by atoms with Crippen LogP contribution < -0.4 is 5.73 Å². The van der Waals surface area contributed by atoms with Gasteiger partial charge in [-0.15, -0.1) is 0 Å². The Balaban J connectivity index is 0.000000791. The Morgan fingerprint density at radius 3 is 2.64 bits per heavy atom. The molecule has 3 heteroatoms. The third-order valence-electron chi connectivity index (χ3n) is 1.77. The highest BCUT2D eigenvalue weighted by atomic mass is 15.2.